The van der Waals surface area contributed by atoms with Crippen LogP contribution in [0.2, 0.25) is 0 Å². The summed E-state index contributed by atoms with van der Waals surface area (Å²) in [4.78, 5) is 19.1. The van der Waals surface area contributed by atoms with Crippen molar-refractivity contribution < 1.29 is 4.79 Å². The molecule has 1 amide bonds. The summed E-state index contributed by atoms with van der Waals surface area (Å²) < 4.78 is 0. The third-order valence-corrected chi connectivity index (χ3v) is 4.86. The standard InChI is InChI=1S/C18H34N4O.HI/c1-3-19-18(22-13-7-8-15(2)14-22)20-12-11-17(23)21-16-9-5-4-6-10-16;/h15-16H,3-14H2,1-2H3,(H,19,20)(H,21,23);1H. The Bertz CT molecular complexity index is 396. The molecular weight excluding hydrogens is 415 g/mol. The number of amides is 1. The van der Waals surface area contributed by atoms with Gasteiger partial charge in [0.2, 0.25) is 5.91 Å². The van der Waals surface area contributed by atoms with Crippen molar-refractivity contribution in [1.29, 1.82) is 0 Å². The van der Waals surface area contributed by atoms with Crippen molar-refractivity contribution >= 4 is 35.8 Å². The minimum absolute atomic E-state index is 0. The van der Waals surface area contributed by atoms with Gasteiger partial charge in [-0.15, -0.1) is 24.0 Å². The molecule has 2 fully saturated rings. The quantitative estimate of drug-likeness (QED) is 0.385. The molecule has 1 saturated heterocycles. The fraction of sp³-hybridized carbons (Fsp3) is 0.889. The monoisotopic (exact) mass is 450 g/mol. The maximum absolute atomic E-state index is 12.1. The lowest BCUT2D eigenvalue weighted by Gasteiger charge is -2.33. The van der Waals surface area contributed by atoms with Crippen LogP contribution in [-0.2, 0) is 4.79 Å². The Kier molecular flexibility index (Phi) is 10.7. The van der Waals surface area contributed by atoms with Gasteiger partial charge in [-0.1, -0.05) is 26.2 Å². The normalized spacial score (nSPS) is 22.7. The van der Waals surface area contributed by atoms with E-state index in [-0.39, 0.29) is 29.9 Å². The molecule has 1 atom stereocenters. The van der Waals surface area contributed by atoms with E-state index in [9.17, 15) is 4.79 Å². The summed E-state index contributed by atoms with van der Waals surface area (Å²) in [7, 11) is 0. The van der Waals surface area contributed by atoms with Crippen LogP contribution in [-0.4, -0.2) is 49.0 Å². The predicted molar refractivity (Wildman–Crippen MR) is 111 cm³/mol. The highest BCUT2D eigenvalue weighted by Gasteiger charge is 2.19. The van der Waals surface area contributed by atoms with Gasteiger partial charge in [-0.2, -0.15) is 0 Å². The third kappa shape index (κ3) is 7.57. The molecular formula is C18H35IN4O. The van der Waals surface area contributed by atoms with Crippen molar-refractivity contribution in [2.24, 2.45) is 10.9 Å². The van der Waals surface area contributed by atoms with E-state index in [1.165, 1.54) is 32.1 Å². The number of carbonyl (C=O) groups excluding carboxylic acids is 1. The van der Waals surface area contributed by atoms with E-state index in [1.54, 1.807) is 0 Å². The van der Waals surface area contributed by atoms with E-state index in [0.717, 1.165) is 44.4 Å². The third-order valence-electron chi connectivity index (χ3n) is 4.86. The van der Waals surface area contributed by atoms with Crippen LogP contribution in [0, 0.1) is 5.92 Å². The highest BCUT2D eigenvalue weighted by Crippen LogP contribution is 2.17. The molecule has 6 heteroatoms. The van der Waals surface area contributed by atoms with Gasteiger partial charge < -0.3 is 15.5 Å². The van der Waals surface area contributed by atoms with Gasteiger partial charge in [0.1, 0.15) is 0 Å². The summed E-state index contributed by atoms with van der Waals surface area (Å²) in [6.07, 6.45) is 9.13. The van der Waals surface area contributed by atoms with Crippen LogP contribution in [0.25, 0.3) is 0 Å². The van der Waals surface area contributed by atoms with Gasteiger partial charge in [-0.3, -0.25) is 9.79 Å². The minimum Gasteiger partial charge on any atom is -0.357 e. The van der Waals surface area contributed by atoms with Crippen LogP contribution < -0.4 is 10.6 Å². The Morgan fingerprint density at radius 2 is 1.92 bits per heavy atom. The van der Waals surface area contributed by atoms with Crippen LogP contribution in [0.1, 0.15) is 65.2 Å². The zero-order valence-corrected chi connectivity index (χ0v) is 17.7. The Morgan fingerprint density at radius 3 is 2.58 bits per heavy atom. The summed E-state index contributed by atoms with van der Waals surface area (Å²) in [6.45, 7) is 7.99. The number of likely N-dealkylation sites (tertiary alicyclic amines) is 1. The fourth-order valence-electron chi connectivity index (χ4n) is 3.62. The van der Waals surface area contributed by atoms with Gasteiger partial charge in [0.05, 0.1) is 6.54 Å². The molecule has 0 aromatic rings. The number of carbonyl (C=O) groups is 1. The minimum atomic E-state index is 0. The van der Waals surface area contributed by atoms with Crippen LogP contribution in [0.15, 0.2) is 4.99 Å². The average Bonchev–Trinajstić information content (AvgIpc) is 2.55. The first-order valence-corrected chi connectivity index (χ1v) is 9.51. The zero-order valence-electron chi connectivity index (χ0n) is 15.4. The van der Waals surface area contributed by atoms with Crippen LogP contribution in [0.3, 0.4) is 0 Å². The topological polar surface area (TPSA) is 56.7 Å². The maximum atomic E-state index is 12.1. The van der Waals surface area contributed by atoms with Crippen molar-refractivity contribution in [3.63, 3.8) is 0 Å². The van der Waals surface area contributed by atoms with E-state index in [4.69, 9.17) is 0 Å². The van der Waals surface area contributed by atoms with Crippen molar-refractivity contribution in [2.75, 3.05) is 26.2 Å². The number of hydrogen-bond acceptors (Lipinski definition) is 2. The molecule has 2 rings (SSSR count). The molecule has 0 radical (unpaired) electrons. The number of halogens is 1. The lowest BCUT2D eigenvalue weighted by molar-refractivity contribution is -0.121. The molecule has 0 spiro atoms. The number of rotatable bonds is 5. The Balaban J connectivity index is 0.00000288. The van der Waals surface area contributed by atoms with Crippen molar-refractivity contribution in [2.45, 2.75) is 71.3 Å². The van der Waals surface area contributed by atoms with E-state index in [1.807, 2.05) is 0 Å². The first kappa shape index (κ1) is 21.5. The highest BCUT2D eigenvalue weighted by molar-refractivity contribution is 14.0. The summed E-state index contributed by atoms with van der Waals surface area (Å²) in [5.74, 6) is 1.86. The first-order valence-electron chi connectivity index (χ1n) is 9.51. The van der Waals surface area contributed by atoms with Gasteiger partial charge in [0.25, 0.3) is 0 Å². The molecule has 24 heavy (non-hydrogen) atoms. The smallest absolute Gasteiger partial charge is 0.222 e. The molecule has 2 N–H and O–H groups in total. The number of nitrogens with one attached hydrogen (secondary N) is 2. The zero-order chi connectivity index (χ0) is 16.5. The second kappa shape index (κ2) is 11.9. The second-order valence-electron chi connectivity index (χ2n) is 7.08. The molecule has 1 saturated carbocycles. The SMILES string of the molecule is CCNC(=NCCC(=O)NC1CCCCC1)N1CCCC(C)C1.I. The molecule has 1 aliphatic carbocycles. The van der Waals surface area contributed by atoms with Crippen molar-refractivity contribution in [3.05, 3.63) is 0 Å². The van der Waals surface area contributed by atoms with E-state index < -0.39 is 0 Å². The van der Waals surface area contributed by atoms with E-state index >= 15 is 0 Å². The lowest BCUT2D eigenvalue weighted by atomic mass is 9.95. The molecule has 1 heterocycles. The van der Waals surface area contributed by atoms with E-state index in [0.29, 0.717) is 19.0 Å². The van der Waals surface area contributed by atoms with Gasteiger partial charge in [-0.05, 0) is 38.5 Å². The van der Waals surface area contributed by atoms with Gasteiger partial charge in [0.15, 0.2) is 5.96 Å². The number of hydrogen-bond donors (Lipinski definition) is 2. The second-order valence-corrected chi connectivity index (χ2v) is 7.08. The number of guanidine groups is 1. The predicted octanol–water partition coefficient (Wildman–Crippen LogP) is 3.14. The molecule has 1 unspecified atom stereocenters. The number of aliphatic imine (C=N–C) groups is 1. The van der Waals surface area contributed by atoms with Crippen molar-refractivity contribution in [1.82, 2.24) is 15.5 Å². The number of nitrogens with zero attached hydrogens (tertiary/aromatic N) is 2. The largest absolute Gasteiger partial charge is 0.357 e. The van der Waals surface area contributed by atoms with Gasteiger partial charge in [0, 0.05) is 32.1 Å². The summed E-state index contributed by atoms with van der Waals surface area (Å²) in [5.41, 5.74) is 0. The summed E-state index contributed by atoms with van der Waals surface area (Å²) >= 11 is 0. The van der Waals surface area contributed by atoms with Gasteiger partial charge in [-0.25, -0.2) is 0 Å². The average molecular weight is 450 g/mol. The molecule has 140 valence electrons. The first-order chi connectivity index (χ1) is 11.2. The molecule has 0 bridgehead atoms. The maximum Gasteiger partial charge on any atom is 0.222 e. The van der Waals surface area contributed by atoms with Crippen LogP contribution in [0.4, 0.5) is 0 Å². The van der Waals surface area contributed by atoms with Crippen LogP contribution >= 0.6 is 24.0 Å². The Labute approximate surface area is 164 Å². The van der Waals surface area contributed by atoms with Crippen molar-refractivity contribution in [3.8, 4) is 0 Å². The molecule has 0 aromatic heterocycles. The fourth-order valence-corrected chi connectivity index (χ4v) is 3.62. The Hall–Kier alpha value is -0.530. The molecule has 2 aliphatic rings. The Morgan fingerprint density at radius 1 is 1.17 bits per heavy atom. The summed E-state index contributed by atoms with van der Waals surface area (Å²) in [6, 6.07) is 0.399. The molecule has 0 aromatic carbocycles. The number of piperidine rings is 1. The van der Waals surface area contributed by atoms with Gasteiger partial charge >= 0.3 is 0 Å². The molecule has 5 nitrogen and oxygen atoms in total. The van der Waals surface area contributed by atoms with Crippen LogP contribution in [0.5, 0.6) is 0 Å². The molecule has 1 aliphatic heterocycles. The highest BCUT2D eigenvalue weighted by atomic mass is 127. The lowest BCUT2D eigenvalue weighted by Crippen LogP contribution is -2.46. The summed E-state index contributed by atoms with van der Waals surface area (Å²) in [5, 5.41) is 6.54. The van der Waals surface area contributed by atoms with E-state index in [2.05, 4.69) is 34.4 Å².